The van der Waals surface area contributed by atoms with E-state index < -0.39 is 0 Å². The Morgan fingerprint density at radius 3 is 1.92 bits per heavy atom. The van der Waals surface area contributed by atoms with Crippen molar-refractivity contribution in [2.75, 3.05) is 13.1 Å². The first-order chi connectivity index (χ1) is 5.91. The molecule has 0 aromatic heterocycles. The molecule has 0 rings (SSSR count). The number of hydrogen-bond acceptors (Lipinski definition) is 1. The molecule has 0 saturated carbocycles. The first-order valence-corrected chi connectivity index (χ1v) is 5.23. The first kappa shape index (κ1) is 17.7. The first-order valence-electron chi connectivity index (χ1n) is 5.23. The van der Waals surface area contributed by atoms with Crippen molar-refractivity contribution < 1.29 is 0 Å². The Kier molecular flexibility index (Phi) is 45.7. The smallest absolute Gasteiger partial charge is 0.00144 e. The van der Waals surface area contributed by atoms with E-state index in [0.717, 1.165) is 19.5 Å². The number of hydrogen-bond donors (Lipinski definition) is 1. The SMILES string of the molecule is C=CCCNCCC.CC.CC. The molecule has 0 aliphatic heterocycles. The van der Waals surface area contributed by atoms with Crippen molar-refractivity contribution in [3.8, 4) is 0 Å². The highest BCUT2D eigenvalue weighted by Gasteiger charge is 1.78. The second kappa shape index (κ2) is 31.0. The van der Waals surface area contributed by atoms with Gasteiger partial charge in [-0.15, -0.1) is 6.58 Å². The van der Waals surface area contributed by atoms with Crippen LogP contribution in [0.15, 0.2) is 12.7 Å². The lowest BCUT2D eigenvalue weighted by Gasteiger charge is -1.96. The molecule has 76 valence electrons. The fraction of sp³-hybridized carbons (Fsp3) is 0.818. The van der Waals surface area contributed by atoms with Crippen LogP contribution in [0.4, 0.5) is 0 Å². The highest BCUT2D eigenvalue weighted by Crippen LogP contribution is 1.75. The Bertz CT molecular complexity index is 51.0. The van der Waals surface area contributed by atoms with Gasteiger partial charge >= 0.3 is 0 Å². The zero-order valence-electron chi connectivity index (χ0n) is 9.61. The van der Waals surface area contributed by atoms with Crippen LogP contribution >= 0.6 is 0 Å². The molecule has 1 nitrogen and oxygen atoms in total. The van der Waals surface area contributed by atoms with Crippen LogP contribution in [0.1, 0.15) is 47.5 Å². The van der Waals surface area contributed by atoms with Gasteiger partial charge in [0.05, 0.1) is 0 Å². The molecule has 1 N–H and O–H groups in total. The van der Waals surface area contributed by atoms with Crippen LogP contribution in [-0.4, -0.2) is 13.1 Å². The van der Waals surface area contributed by atoms with Gasteiger partial charge in [0.1, 0.15) is 0 Å². The fourth-order valence-corrected chi connectivity index (χ4v) is 0.506. The third-order valence-corrected chi connectivity index (χ3v) is 0.952. The van der Waals surface area contributed by atoms with Gasteiger partial charge < -0.3 is 5.32 Å². The largest absolute Gasteiger partial charge is 0.316 e. The van der Waals surface area contributed by atoms with Crippen molar-refractivity contribution in [1.29, 1.82) is 0 Å². The highest BCUT2D eigenvalue weighted by molar-refractivity contribution is 4.66. The minimum Gasteiger partial charge on any atom is -0.316 e. The van der Waals surface area contributed by atoms with Gasteiger partial charge in [0.25, 0.3) is 0 Å². The van der Waals surface area contributed by atoms with E-state index in [0.29, 0.717) is 0 Å². The van der Waals surface area contributed by atoms with E-state index in [-0.39, 0.29) is 0 Å². The van der Waals surface area contributed by atoms with Gasteiger partial charge in [-0.2, -0.15) is 0 Å². The predicted octanol–water partition coefficient (Wildman–Crippen LogP) is 3.61. The molecule has 0 saturated heterocycles. The van der Waals surface area contributed by atoms with Crippen LogP contribution in [0.25, 0.3) is 0 Å². The van der Waals surface area contributed by atoms with E-state index in [4.69, 9.17) is 0 Å². The minimum absolute atomic E-state index is 1.08. The maximum Gasteiger partial charge on any atom is -0.00144 e. The third kappa shape index (κ3) is 33.2. The van der Waals surface area contributed by atoms with Gasteiger partial charge in [0.15, 0.2) is 0 Å². The molecule has 0 aliphatic rings. The second-order valence-electron chi connectivity index (χ2n) is 1.83. The van der Waals surface area contributed by atoms with Crippen LogP contribution in [0.2, 0.25) is 0 Å². The number of rotatable bonds is 5. The zero-order chi connectivity index (χ0) is 10.2. The quantitative estimate of drug-likeness (QED) is 0.494. The predicted molar refractivity (Wildman–Crippen MR) is 60.7 cm³/mol. The Labute approximate surface area is 79.3 Å². The molecule has 0 aromatic carbocycles. The summed E-state index contributed by atoms with van der Waals surface area (Å²) in [5, 5.41) is 3.26. The molecule has 0 radical (unpaired) electrons. The topological polar surface area (TPSA) is 12.0 Å². The molecule has 0 heterocycles. The van der Waals surface area contributed by atoms with Gasteiger partial charge in [-0.05, 0) is 25.9 Å². The van der Waals surface area contributed by atoms with Crippen molar-refractivity contribution in [2.45, 2.75) is 47.5 Å². The molecule has 12 heavy (non-hydrogen) atoms. The van der Waals surface area contributed by atoms with E-state index in [2.05, 4.69) is 18.8 Å². The molecule has 0 atom stereocenters. The summed E-state index contributed by atoms with van der Waals surface area (Å²) in [6, 6.07) is 0. The summed E-state index contributed by atoms with van der Waals surface area (Å²) in [6.07, 6.45) is 4.24. The van der Waals surface area contributed by atoms with Crippen molar-refractivity contribution >= 4 is 0 Å². The second-order valence-corrected chi connectivity index (χ2v) is 1.83. The molecule has 0 unspecified atom stereocenters. The Morgan fingerprint density at radius 1 is 1.08 bits per heavy atom. The lowest BCUT2D eigenvalue weighted by molar-refractivity contribution is 0.678. The van der Waals surface area contributed by atoms with E-state index in [1.165, 1.54) is 6.42 Å². The third-order valence-electron chi connectivity index (χ3n) is 0.952. The van der Waals surface area contributed by atoms with Crippen molar-refractivity contribution in [2.24, 2.45) is 0 Å². The normalized spacial score (nSPS) is 7.08. The Balaban J connectivity index is -0.000000175. The van der Waals surface area contributed by atoms with E-state index in [9.17, 15) is 0 Å². The summed E-state index contributed by atoms with van der Waals surface area (Å²) in [7, 11) is 0. The van der Waals surface area contributed by atoms with Crippen LogP contribution in [-0.2, 0) is 0 Å². The summed E-state index contributed by atoms with van der Waals surface area (Å²) < 4.78 is 0. The Morgan fingerprint density at radius 2 is 1.58 bits per heavy atom. The van der Waals surface area contributed by atoms with E-state index >= 15 is 0 Å². The van der Waals surface area contributed by atoms with E-state index in [1.807, 2.05) is 33.8 Å². The van der Waals surface area contributed by atoms with Crippen LogP contribution in [0.5, 0.6) is 0 Å². The van der Waals surface area contributed by atoms with Gasteiger partial charge in [0.2, 0.25) is 0 Å². The summed E-state index contributed by atoms with van der Waals surface area (Å²) in [4.78, 5) is 0. The average molecular weight is 173 g/mol. The maximum absolute atomic E-state index is 3.62. The fourth-order valence-electron chi connectivity index (χ4n) is 0.506. The molecule has 0 aliphatic carbocycles. The van der Waals surface area contributed by atoms with Crippen molar-refractivity contribution in [1.82, 2.24) is 5.32 Å². The van der Waals surface area contributed by atoms with Crippen molar-refractivity contribution in [3.63, 3.8) is 0 Å². The van der Waals surface area contributed by atoms with Gasteiger partial charge in [-0.25, -0.2) is 0 Å². The van der Waals surface area contributed by atoms with E-state index in [1.54, 1.807) is 0 Å². The Hall–Kier alpha value is -0.300. The molecular weight excluding hydrogens is 146 g/mol. The van der Waals surface area contributed by atoms with Gasteiger partial charge in [-0.1, -0.05) is 40.7 Å². The monoisotopic (exact) mass is 173 g/mol. The molecule has 0 fully saturated rings. The zero-order valence-corrected chi connectivity index (χ0v) is 9.61. The molecule has 0 bridgehead atoms. The van der Waals surface area contributed by atoms with Crippen LogP contribution in [0, 0.1) is 0 Å². The highest BCUT2D eigenvalue weighted by atomic mass is 14.8. The summed E-state index contributed by atoms with van der Waals surface area (Å²) in [6.45, 7) is 16.0. The van der Waals surface area contributed by atoms with Crippen molar-refractivity contribution in [3.05, 3.63) is 12.7 Å². The summed E-state index contributed by atoms with van der Waals surface area (Å²) in [5.74, 6) is 0. The minimum atomic E-state index is 1.08. The van der Waals surface area contributed by atoms with Crippen LogP contribution in [0.3, 0.4) is 0 Å². The number of nitrogens with one attached hydrogen (secondary N) is 1. The molecule has 1 heteroatoms. The summed E-state index contributed by atoms with van der Waals surface area (Å²) >= 11 is 0. The lowest BCUT2D eigenvalue weighted by atomic mass is 10.4. The lowest BCUT2D eigenvalue weighted by Crippen LogP contribution is -2.14. The molecule has 0 amide bonds. The average Bonchev–Trinajstić information content (AvgIpc) is 2.19. The van der Waals surface area contributed by atoms with Crippen LogP contribution < -0.4 is 5.32 Å². The molecule has 0 aromatic rings. The maximum atomic E-state index is 3.62. The van der Waals surface area contributed by atoms with Gasteiger partial charge in [0, 0.05) is 0 Å². The molecular formula is C11H27N. The standard InChI is InChI=1S/C7H15N.2C2H6/c1-3-5-7-8-6-4-2;2*1-2/h3,8H,1,4-7H2,2H3;2*1-2H3. The molecule has 0 spiro atoms. The summed E-state index contributed by atoms with van der Waals surface area (Å²) in [5.41, 5.74) is 0. The van der Waals surface area contributed by atoms with Gasteiger partial charge in [-0.3, -0.25) is 0 Å².